The molecule has 0 aliphatic carbocycles. The minimum absolute atomic E-state index is 0.0704. The topological polar surface area (TPSA) is 35.5 Å². The van der Waals surface area contributed by atoms with Crippen LogP contribution in [0.1, 0.15) is 32.8 Å². The van der Waals surface area contributed by atoms with Gasteiger partial charge < -0.3 is 9.16 Å². The molecule has 0 aliphatic heterocycles. The van der Waals surface area contributed by atoms with Crippen molar-refractivity contribution in [3.8, 4) is 5.75 Å². The van der Waals surface area contributed by atoms with Gasteiger partial charge in [0.25, 0.3) is 8.32 Å². The molecule has 0 heterocycles. The molecule has 0 saturated carbocycles. The Hall–Kier alpha value is -2.95. The van der Waals surface area contributed by atoms with Gasteiger partial charge in [0.2, 0.25) is 0 Å². The summed E-state index contributed by atoms with van der Waals surface area (Å²) in [7, 11) is -0.925. The van der Waals surface area contributed by atoms with Crippen LogP contribution in [-0.2, 0) is 15.6 Å². The minimum atomic E-state index is -2.61. The Bertz CT molecular complexity index is 998. The standard InChI is InChI=1S/C30H36O3Si/c1-30(2,3)34(28-14-7-5-8-15-28,29-16-9-6-10-17-29)33-24-26(13-11-12-22-31)23-25-18-20-27(32-4)21-19-25/h5-12,14-22,26H,13,23-24H2,1-4H3/b12-11+/t26-/m1/s1. The van der Waals surface area contributed by atoms with Crippen molar-refractivity contribution in [1.82, 2.24) is 0 Å². The lowest BCUT2D eigenvalue weighted by atomic mass is 9.97. The zero-order valence-electron chi connectivity index (χ0n) is 20.7. The fraction of sp³-hybridized carbons (Fsp3) is 0.300. The molecule has 0 bridgehead atoms. The minimum Gasteiger partial charge on any atom is -0.497 e. The van der Waals surface area contributed by atoms with Crippen molar-refractivity contribution in [1.29, 1.82) is 0 Å². The SMILES string of the molecule is COc1ccc(C[C@@H](C/C=C/C=O)CO[Si](c2ccccc2)(c2ccccc2)C(C)(C)C)cc1. The number of methoxy groups -OCH3 is 1. The third-order valence-electron chi connectivity index (χ3n) is 6.32. The van der Waals surface area contributed by atoms with Gasteiger partial charge in [-0.3, -0.25) is 4.79 Å². The quantitative estimate of drug-likeness (QED) is 0.208. The van der Waals surface area contributed by atoms with Crippen LogP contribution in [-0.4, -0.2) is 28.3 Å². The van der Waals surface area contributed by atoms with Crippen LogP contribution in [0.25, 0.3) is 0 Å². The molecule has 178 valence electrons. The smallest absolute Gasteiger partial charge is 0.261 e. The third kappa shape index (κ3) is 6.13. The second-order valence-corrected chi connectivity index (χ2v) is 14.0. The van der Waals surface area contributed by atoms with Crippen molar-refractivity contribution in [2.45, 2.75) is 38.7 Å². The Morgan fingerprint density at radius 1 is 0.853 bits per heavy atom. The van der Waals surface area contributed by atoms with Crippen LogP contribution in [0.4, 0.5) is 0 Å². The average molecular weight is 473 g/mol. The van der Waals surface area contributed by atoms with E-state index in [1.807, 2.05) is 18.2 Å². The van der Waals surface area contributed by atoms with E-state index in [1.165, 1.54) is 15.9 Å². The number of aldehydes is 1. The predicted octanol–water partition coefficient (Wildman–Crippen LogP) is 5.58. The Morgan fingerprint density at radius 3 is 1.88 bits per heavy atom. The van der Waals surface area contributed by atoms with Crippen LogP contribution in [0.5, 0.6) is 5.75 Å². The van der Waals surface area contributed by atoms with E-state index in [9.17, 15) is 4.79 Å². The lowest BCUT2D eigenvalue weighted by Crippen LogP contribution is -2.66. The lowest BCUT2D eigenvalue weighted by Gasteiger charge is -2.43. The van der Waals surface area contributed by atoms with Crippen molar-refractivity contribution in [2.24, 2.45) is 5.92 Å². The van der Waals surface area contributed by atoms with E-state index in [0.29, 0.717) is 6.61 Å². The second kappa shape index (κ2) is 12.0. The summed E-state index contributed by atoms with van der Waals surface area (Å²) in [5.41, 5.74) is 1.23. The van der Waals surface area contributed by atoms with E-state index in [0.717, 1.165) is 24.9 Å². The first-order valence-corrected chi connectivity index (χ1v) is 13.8. The first-order chi connectivity index (χ1) is 16.4. The van der Waals surface area contributed by atoms with Gasteiger partial charge in [0.1, 0.15) is 12.0 Å². The second-order valence-electron chi connectivity index (χ2n) is 9.69. The molecule has 4 heteroatoms. The van der Waals surface area contributed by atoms with Gasteiger partial charge in [-0.25, -0.2) is 0 Å². The molecule has 0 aromatic heterocycles. The lowest BCUT2D eigenvalue weighted by molar-refractivity contribution is -0.104. The van der Waals surface area contributed by atoms with Crippen molar-refractivity contribution in [3.63, 3.8) is 0 Å². The molecule has 34 heavy (non-hydrogen) atoms. The molecule has 3 aromatic carbocycles. The van der Waals surface area contributed by atoms with Gasteiger partial charge in [-0.15, -0.1) is 0 Å². The molecule has 0 fully saturated rings. The highest BCUT2D eigenvalue weighted by molar-refractivity contribution is 6.99. The van der Waals surface area contributed by atoms with Gasteiger partial charge in [-0.1, -0.05) is 99.6 Å². The van der Waals surface area contributed by atoms with E-state index in [-0.39, 0.29) is 11.0 Å². The number of rotatable bonds is 11. The molecule has 0 amide bonds. The highest BCUT2D eigenvalue weighted by atomic mass is 28.4. The molecule has 0 spiro atoms. The molecule has 1 atom stereocenters. The highest BCUT2D eigenvalue weighted by Crippen LogP contribution is 2.37. The highest BCUT2D eigenvalue weighted by Gasteiger charge is 2.50. The molecule has 3 rings (SSSR count). The van der Waals surface area contributed by atoms with Crippen molar-refractivity contribution in [3.05, 3.63) is 103 Å². The molecular weight excluding hydrogens is 436 g/mol. The van der Waals surface area contributed by atoms with Crippen LogP contribution >= 0.6 is 0 Å². The van der Waals surface area contributed by atoms with E-state index < -0.39 is 8.32 Å². The van der Waals surface area contributed by atoms with E-state index in [2.05, 4.69) is 93.6 Å². The molecule has 0 N–H and O–H groups in total. The third-order valence-corrected chi connectivity index (χ3v) is 11.3. The maximum atomic E-state index is 10.9. The summed E-state index contributed by atoms with van der Waals surface area (Å²) in [6, 6.07) is 29.6. The van der Waals surface area contributed by atoms with Crippen LogP contribution < -0.4 is 15.1 Å². The van der Waals surface area contributed by atoms with Gasteiger partial charge in [-0.2, -0.15) is 0 Å². The summed E-state index contributed by atoms with van der Waals surface area (Å²) < 4.78 is 12.5. The summed E-state index contributed by atoms with van der Waals surface area (Å²) in [6.07, 6.45) is 6.03. The maximum absolute atomic E-state index is 10.9. The maximum Gasteiger partial charge on any atom is 0.261 e. The molecule has 0 radical (unpaired) electrons. The fourth-order valence-electron chi connectivity index (χ4n) is 4.64. The Labute approximate surface area is 205 Å². The van der Waals surface area contributed by atoms with Gasteiger partial charge in [0, 0.05) is 6.61 Å². The van der Waals surface area contributed by atoms with E-state index >= 15 is 0 Å². The average Bonchev–Trinajstić information content (AvgIpc) is 2.85. The number of ether oxygens (including phenoxy) is 1. The molecule has 3 aromatic rings. The van der Waals surface area contributed by atoms with Crippen LogP contribution in [0, 0.1) is 5.92 Å². The number of carbonyl (C=O) groups is 1. The molecular formula is C30H36O3Si. The first kappa shape index (κ1) is 25.7. The van der Waals surface area contributed by atoms with Crippen molar-refractivity contribution < 1.29 is 14.0 Å². The number of carbonyl (C=O) groups excluding carboxylic acids is 1. The normalized spacial score (nSPS) is 13.1. The van der Waals surface area contributed by atoms with Gasteiger partial charge >= 0.3 is 0 Å². The summed E-state index contributed by atoms with van der Waals surface area (Å²) in [5, 5.41) is 2.49. The Morgan fingerprint density at radius 2 is 1.41 bits per heavy atom. The zero-order chi connectivity index (χ0) is 24.4. The van der Waals surface area contributed by atoms with E-state index in [4.69, 9.17) is 9.16 Å². The number of hydrogen-bond donors (Lipinski definition) is 0. The van der Waals surface area contributed by atoms with Crippen molar-refractivity contribution in [2.75, 3.05) is 13.7 Å². The molecule has 0 saturated heterocycles. The summed E-state index contributed by atoms with van der Waals surface area (Å²) in [4.78, 5) is 10.9. The van der Waals surface area contributed by atoms with Crippen LogP contribution in [0.2, 0.25) is 5.04 Å². The van der Waals surface area contributed by atoms with Gasteiger partial charge in [0.15, 0.2) is 0 Å². The first-order valence-electron chi connectivity index (χ1n) is 11.9. The monoisotopic (exact) mass is 472 g/mol. The Kier molecular flexibility index (Phi) is 9.03. The summed E-state index contributed by atoms with van der Waals surface area (Å²) >= 11 is 0. The molecule has 3 nitrogen and oxygen atoms in total. The molecule has 0 unspecified atom stereocenters. The van der Waals surface area contributed by atoms with Crippen molar-refractivity contribution >= 4 is 25.0 Å². The summed E-state index contributed by atoms with van der Waals surface area (Å²) in [6.45, 7) is 7.50. The molecule has 0 aliphatic rings. The summed E-state index contributed by atoms with van der Waals surface area (Å²) in [5.74, 6) is 1.09. The largest absolute Gasteiger partial charge is 0.497 e. The number of benzene rings is 3. The van der Waals surface area contributed by atoms with Gasteiger partial charge in [-0.05, 0) is 57.9 Å². The Balaban J connectivity index is 1.96. The fourth-order valence-corrected chi connectivity index (χ4v) is 9.28. The van der Waals surface area contributed by atoms with Gasteiger partial charge in [0.05, 0.1) is 7.11 Å². The van der Waals surface area contributed by atoms with Crippen LogP contribution in [0.15, 0.2) is 97.1 Å². The number of hydrogen-bond acceptors (Lipinski definition) is 3. The predicted molar refractivity (Wildman–Crippen MR) is 144 cm³/mol. The van der Waals surface area contributed by atoms with E-state index in [1.54, 1.807) is 13.2 Å². The van der Waals surface area contributed by atoms with Crippen LogP contribution in [0.3, 0.4) is 0 Å². The number of allylic oxidation sites excluding steroid dienone is 2. The zero-order valence-corrected chi connectivity index (χ0v) is 21.7.